The van der Waals surface area contributed by atoms with Gasteiger partial charge in [0.15, 0.2) is 6.10 Å². The third-order valence-electron chi connectivity index (χ3n) is 2.18. The van der Waals surface area contributed by atoms with Gasteiger partial charge in [-0.3, -0.25) is 4.79 Å². The number of carboxylic acid groups (broad SMARTS) is 1. The minimum Gasteiger partial charge on any atom is -0.479 e. The number of nitrogens with zero attached hydrogens (tertiary/aromatic N) is 1. The van der Waals surface area contributed by atoms with Gasteiger partial charge < -0.3 is 20.1 Å². The molecule has 6 nitrogen and oxygen atoms in total. The molecular formula is C10H13ClN2O4. The molecule has 0 saturated heterocycles. The van der Waals surface area contributed by atoms with Crippen LogP contribution < -0.4 is 5.32 Å². The molecule has 0 radical (unpaired) electrons. The number of carbonyl (C=O) groups is 2. The third-order valence-corrected chi connectivity index (χ3v) is 2.38. The van der Waals surface area contributed by atoms with Crippen LogP contribution in [0.1, 0.15) is 17.4 Å². The largest absolute Gasteiger partial charge is 0.479 e. The van der Waals surface area contributed by atoms with E-state index < -0.39 is 18.0 Å². The summed E-state index contributed by atoms with van der Waals surface area (Å²) in [5, 5.41) is 20.2. The number of amides is 1. The summed E-state index contributed by atoms with van der Waals surface area (Å²) in [6.07, 6.45) is -0.0103. The molecule has 1 atom stereocenters. The molecule has 0 bridgehead atoms. The molecule has 1 aromatic heterocycles. The van der Waals surface area contributed by atoms with Crippen molar-refractivity contribution in [3.63, 3.8) is 0 Å². The summed E-state index contributed by atoms with van der Waals surface area (Å²) in [5.41, 5.74) is 0.329. The lowest BCUT2D eigenvalue weighted by molar-refractivity contribution is -0.146. The van der Waals surface area contributed by atoms with Crippen molar-refractivity contribution < 1.29 is 19.8 Å². The van der Waals surface area contributed by atoms with Crippen molar-refractivity contribution in [1.29, 1.82) is 0 Å². The third kappa shape index (κ3) is 3.47. The van der Waals surface area contributed by atoms with Crippen molar-refractivity contribution in [2.45, 2.75) is 19.6 Å². The predicted molar refractivity (Wildman–Crippen MR) is 61.1 cm³/mol. The molecule has 3 N–H and O–H groups in total. The fraction of sp³-hybridized carbons (Fsp3) is 0.400. The first-order valence-electron chi connectivity index (χ1n) is 5.00. The number of carboxylic acids is 1. The number of hydrogen-bond acceptors (Lipinski definition) is 3. The van der Waals surface area contributed by atoms with E-state index >= 15 is 0 Å². The molecule has 0 aliphatic heterocycles. The van der Waals surface area contributed by atoms with Gasteiger partial charge in [0, 0.05) is 12.7 Å². The quantitative estimate of drug-likeness (QED) is 0.712. The second kappa shape index (κ2) is 5.70. The highest BCUT2D eigenvalue weighted by Crippen LogP contribution is 2.13. The SMILES string of the molecule is CCn1cc(Cl)cc1C(=O)NCC(O)C(=O)O. The lowest BCUT2D eigenvalue weighted by Crippen LogP contribution is -2.37. The molecule has 94 valence electrons. The summed E-state index contributed by atoms with van der Waals surface area (Å²) in [6.45, 7) is 2.07. The molecule has 0 saturated carbocycles. The van der Waals surface area contributed by atoms with Crippen LogP contribution in [0.15, 0.2) is 12.3 Å². The van der Waals surface area contributed by atoms with Crippen LogP contribution in [-0.2, 0) is 11.3 Å². The first-order chi connectivity index (χ1) is 7.95. The molecular weight excluding hydrogens is 248 g/mol. The minimum absolute atomic E-state index is 0.329. The Morgan fingerprint density at radius 3 is 2.76 bits per heavy atom. The van der Waals surface area contributed by atoms with Gasteiger partial charge in [0.05, 0.1) is 11.6 Å². The maximum Gasteiger partial charge on any atom is 0.334 e. The number of rotatable bonds is 5. The molecule has 0 fully saturated rings. The second-order valence-electron chi connectivity index (χ2n) is 3.39. The van der Waals surface area contributed by atoms with Crippen LogP contribution in [-0.4, -0.2) is 39.3 Å². The Balaban J connectivity index is 2.66. The molecule has 1 unspecified atom stereocenters. The van der Waals surface area contributed by atoms with E-state index in [1.165, 1.54) is 6.07 Å². The Hall–Kier alpha value is -1.53. The molecule has 0 spiro atoms. The zero-order chi connectivity index (χ0) is 13.0. The number of aromatic nitrogens is 1. The maximum absolute atomic E-state index is 11.7. The molecule has 1 rings (SSSR count). The van der Waals surface area contributed by atoms with Gasteiger partial charge in [-0.05, 0) is 13.0 Å². The fourth-order valence-electron chi connectivity index (χ4n) is 1.29. The van der Waals surface area contributed by atoms with Crippen LogP contribution in [0.3, 0.4) is 0 Å². The van der Waals surface area contributed by atoms with E-state index in [-0.39, 0.29) is 6.54 Å². The lowest BCUT2D eigenvalue weighted by Gasteiger charge is -2.09. The van der Waals surface area contributed by atoms with Crippen molar-refractivity contribution in [2.24, 2.45) is 0 Å². The van der Waals surface area contributed by atoms with Crippen molar-refractivity contribution in [2.75, 3.05) is 6.54 Å². The number of carbonyl (C=O) groups excluding carboxylic acids is 1. The zero-order valence-electron chi connectivity index (χ0n) is 9.18. The Kier molecular flexibility index (Phi) is 4.53. The number of aliphatic carboxylic acids is 1. The summed E-state index contributed by atoms with van der Waals surface area (Å²) >= 11 is 5.76. The smallest absolute Gasteiger partial charge is 0.334 e. The number of nitrogens with one attached hydrogen (secondary N) is 1. The number of halogens is 1. The van der Waals surface area contributed by atoms with E-state index in [0.29, 0.717) is 17.3 Å². The topological polar surface area (TPSA) is 91.6 Å². The number of aliphatic hydroxyl groups is 1. The van der Waals surface area contributed by atoms with Gasteiger partial charge >= 0.3 is 5.97 Å². The van der Waals surface area contributed by atoms with E-state index in [4.69, 9.17) is 21.8 Å². The van der Waals surface area contributed by atoms with E-state index in [2.05, 4.69) is 5.32 Å². The molecule has 0 aromatic carbocycles. The van der Waals surface area contributed by atoms with Crippen LogP contribution in [0.4, 0.5) is 0 Å². The van der Waals surface area contributed by atoms with E-state index in [9.17, 15) is 9.59 Å². The molecule has 0 aliphatic carbocycles. The summed E-state index contributed by atoms with van der Waals surface area (Å²) in [4.78, 5) is 22.0. The predicted octanol–water partition coefficient (Wildman–Crippen LogP) is 0.337. The molecule has 7 heteroatoms. The number of aryl methyl sites for hydroxylation is 1. The van der Waals surface area contributed by atoms with Gasteiger partial charge in [0.25, 0.3) is 5.91 Å². The van der Waals surface area contributed by atoms with E-state index in [1.807, 2.05) is 6.92 Å². The van der Waals surface area contributed by atoms with Crippen LogP contribution in [0.5, 0.6) is 0 Å². The average Bonchev–Trinajstić information content (AvgIpc) is 2.66. The van der Waals surface area contributed by atoms with Gasteiger partial charge in [0.2, 0.25) is 0 Å². The Labute approximate surface area is 103 Å². The van der Waals surface area contributed by atoms with Crippen molar-refractivity contribution in [3.8, 4) is 0 Å². The Morgan fingerprint density at radius 2 is 2.24 bits per heavy atom. The molecule has 0 aliphatic rings. The van der Waals surface area contributed by atoms with Crippen LogP contribution in [0.2, 0.25) is 5.02 Å². The van der Waals surface area contributed by atoms with Gasteiger partial charge in [-0.25, -0.2) is 4.79 Å². The second-order valence-corrected chi connectivity index (χ2v) is 3.83. The summed E-state index contributed by atoms with van der Waals surface area (Å²) < 4.78 is 1.63. The van der Waals surface area contributed by atoms with Gasteiger partial charge in [-0.2, -0.15) is 0 Å². The highest BCUT2D eigenvalue weighted by molar-refractivity contribution is 6.31. The summed E-state index contributed by atoms with van der Waals surface area (Å²) in [7, 11) is 0. The monoisotopic (exact) mass is 260 g/mol. The molecule has 1 heterocycles. The van der Waals surface area contributed by atoms with Gasteiger partial charge in [-0.1, -0.05) is 11.6 Å². The first-order valence-corrected chi connectivity index (χ1v) is 5.38. The zero-order valence-corrected chi connectivity index (χ0v) is 9.94. The normalized spacial score (nSPS) is 12.2. The highest BCUT2D eigenvalue weighted by Gasteiger charge is 2.17. The molecule has 17 heavy (non-hydrogen) atoms. The van der Waals surface area contributed by atoms with Crippen molar-refractivity contribution in [3.05, 3.63) is 23.0 Å². The number of aliphatic hydroxyl groups excluding tert-OH is 1. The summed E-state index contributed by atoms with van der Waals surface area (Å²) in [5.74, 6) is -1.85. The minimum atomic E-state index is -1.61. The number of hydrogen-bond donors (Lipinski definition) is 3. The fourth-order valence-corrected chi connectivity index (χ4v) is 1.52. The van der Waals surface area contributed by atoms with Crippen LogP contribution in [0.25, 0.3) is 0 Å². The first kappa shape index (κ1) is 13.5. The molecule has 1 aromatic rings. The van der Waals surface area contributed by atoms with Crippen molar-refractivity contribution in [1.82, 2.24) is 9.88 Å². The van der Waals surface area contributed by atoms with Gasteiger partial charge in [-0.15, -0.1) is 0 Å². The summed E-state index contributed by atoms with van der Waals surface area (Å²) in [6, 6.07) is 1.48. The Bertz CT molecular complexity index is 430. The standard InChI is InChI=1S/C10H13ClN2O4/c1-2-13-5-6(11)3-7(13)9(15)12-4-8(14)10(16)17/h3,5,8,14H,2,4H2,1H3,(H,12,15)(H,16,17). The average molecular weight is 261 g/mol. The van der Waals surface area contributed by atoms with Crippen LogP contribution >= 0.6 is 11.6 Å². The highest BCUT2D eigenvalue weighted by atomic mass is 35.5. The van der Waals surface area contributed by atoms with E-state index in [0.717, 1.165) is 0 Å². The van der Waals surface area contributed by atoms with Gasteiger partial charge in [0.1, 0.15) is 5.69 Å². The van der Waals surface area contributed by atoms with E-state index in [1.54, 1.807) is 10.8 Å². The maximum atomic E-state index is 11.7. The van der Waals surface area contributed by atoms with Crippen molar-refractivity contribution >= 4 is 23.5 Å². The van der Waals surface area contributed by atoms with Crippen LogP contribution in [0, 0.1) is 0 Å². The molecule has 1 amide bonds. The lowest BCUT2D eigenvalue weighted by atomic mass is 10.3. The Morgan fingerprint density at radius 1 is 1.59 bits per heavy atom.